The Bertz CT molecular complexity index is 1540. The topological polar surface area (TPSA) is 132 Å². The summed E-state index contributed by atoms with van der Waals surface area (Å²) in [4.78, 5) is 17.7. The zero-order valence-corrected chi connectivity index (χ0v) is 22.7. The molecule has 2 aromatic carbocycles. The number of halogens is 2. The first-order valence-electron chi connectivity index (χ1n) is 13.1. The molecule has 0 bridgehead atoms. The van der Waals surface area contributed by atoms with E-state index in [-0.39, 0.29) is 18.3 Å². The standard InChI is InChI=1S/C30H30F2N8O/c1-3-4-26(39-19(2)22-9-10-24(31)25(32)13-22)29-30(38-16-23(14-33)40-29)37-15-20-5-7-21(8-6-20)27-17-36-28(18-35-27)34-11-12-41/h4-10,13,16-19,39,41H,3,11-12,15H2,1-2H3,(H,34,36)(H,37,38)/b26-4+. The second-order valence-corrected chi connectivity index (χ2v) is 9.12. The van der Waals surface area contributed by atoms with Gasteiger partial charge >= 0.3 is 0 Å². The summed E-state index contributed by atoms with van der Waals surface area (Å²) in [6, 6.07) is 13.2. The molecule has 210 valence electrons. The molecule has 11 heteroatoms. The number of aliphatic hydroxyl groups is 1. The van der Waals surface area contributed by atoms with Crippen molar-refractivity contribution in [2.75, 3.05) is 23.8 Å². The van der Waals surface area contributed by atoms with Crippen LogP contribution in [0.25, 0.3) is 17.0 Å². The smallest absolute Gasteiger partial charge is 0.159 e. The molecule has 4 N–H and O–H groups in total. The molecule has 0 saturated heterocycles. The van der Waals surface area contributed by atoms with Gasteiger partial charge in [0.25, 0.3) is 0 Å². The maximum absolute atomic E-state index is 13.8. The van der Waals surface area contributed by atoms with E-state index in [1.54, 1.807) is 12.4 Å². The Kier molecular flexibility index (Phi) is 9.85. The van der Waals surface area contributed by atoms with Gasteiger partial charge in [0.1, 0.15) is 17.6 Å². The van der Waals surface area contributed by atoms with Crippen molar-refractivity contribution in [3.05, 3.63) is 101 Å². The molecule has 0 radical (unpaired) electrons. The van der Waals surface area contributed by atoms with Crippen LogP contribution in [0.4, 0.5) is 20.4 Å². The fourth-order valence-electron chi connectivity index (χ4n) is 4.02. The molecule has 0 amide bonds. The highest BCUT2D eigenvalue weighted by Crippen LogP contribution is 2.25. The van der Waals surface area contributed by atoms with Crippen molar-refractivity contribution in [3.63, 3.8) is 0 Å². The van der Waals surface area contributed by atoms with Crippen LogP contribution >= 0.6 is 0 Å². The number of benzene rings is 2. The molecule has 4 aromatic rings. The van der Waals surface area contributed by atoms with E-state index in [9.17, 15) is 14.0 Å². The molecule has 1 unspecified atom stereocenters. The van der Waals surface area contributed by atoms with Gasteiger partial charge < -0.3 is 21.1 Å². The second-order valence-electron chi connectivity index (χ2n) is 9.12. The van der Waals surface area contributed by atoms with Crippen molar-refractivity contribution in [1.82, 2.24) is 25.3 Å². The molecule has 41 heavy (non-hydrogen) atoms. The van der Waals surface area contributed by atoms with Gasteiger partial charge in [-0.05, 0) is 36.6 Å². The summed E-state index contributed by atoms with van der Waals surface area (Å²) in [7, 11) is 0. The lowest BCUT2D eigenvalue weighted by atomic mass is 10.1. The Morgan fingerprint density at radius 2 is 1.83 bits per heavy atom. The van der Waals surface area contributed by atoms with E-state index in [1.165, 1.54) is 12.3 Å². The van der Waals surface area contributed by atoms with Gasteiger partial charge in [-0.2, -0.15) is 5.26 Å². The third kappa shape index (κ3) is 7.58. The average Bonchev–Trinajstić information content (AvgIpc) is 3.00. The minimum Gasteiger partial charge on any atom is -0.395 e. The van der Waals surface area contributed by atoms with Crippen LogP contribution in [0.2, 0.25) is 0 Å². The van der Waals surface area contributed by atoms with Gasteiger partial charge in [-0.15, -0.1) is 0 Å². The summed E-state index contributed by atoms with van der Waals surface area (Å²) in [5.74, 6) is -0.770. The number of aromatic nitrogens is 4. The molecule has 4 rings (SSSR count). The summed E-state index contributed by atoms with van der Waals surface area (Å²) >= 11 is 0. The van der Waals surface area contributed by atoms with Gasteiger partial charge in [-0.1, -0.05) is 43.3 Å². The van der Waals surface area contributed by atoms with Crippen LogP contribution in [0, 0.1) is 23.0 Å². The largest absolute Gasteiger partial charge is 0.395 e. The highest BCUT2D eigenvalue weighted by Gasteiger charge is 2.17. The van der Waals surface area contributed by atoms with Crippen LogP contribution in [0.15, 0.2) is 67.1 Å². The van der Waals surface area contributed by atoms with Crippen molar-refractivity contribution < 1.29 is 13.9 Å². The third-order valence-electron chi connectivity index (χ3n) is 6.15. The number of nitriles is 1. The lowest BCUT2D eigenvalue weighted by Gasteiger charge is -2.20. The third-order valence-corrected chi connectivity index (χ3v) is 6.15. The predicted molar refractivity (Wildman–Crippen MR) is 153 cm³/mol. The van der Waals surface area contributed by atoms with E-state index >= 15 is 0 Å². The number of anilines is 2. The minimum absolute atomic E-state index is 0.0114. The Balaban J connectivity index is 1.50. The first-order chi connectivity index (χ1) is 19.9. The monoisotopic (exact) mass is 556 g/mol. The van der Waals surface area contributed by atoms with Gasteiger partial charge in [0.2, 0.25) is 0 Å². The Hall–Kier alpha value is -4.95. The highest BCUT2D eigenvalue weighted by molar-refractivity contribution is 5.71. The molecule has 9 nitrogen and oxygen atoms in total. The molecule has 2 heterocycles. The lowest BCUT2D eigenvalue weighted by molar-refractivity contribution is 0.311. The second kappa shape index (κ2) is 13.9. The first kappa shape index (κ1) is 29.0. The molecule has 0 aliphatic heterocycles. The van der Waals surface area contributed by atoms with Gasteiger partial charge in [0, 0.05) is 24.7 Å². The fourth-order valence-corrected chi connectivity index (χ4v) is 4.02. The molecular formula is C30H30F2N8O. The van der Waals surface area contributed by atoms with Gasteiger partial charge in [0.15, 0.2) is 23.1 Å². The first-order valence-corrected chi connectivity index (χ1v) is 13.1. The van der Waals surface area contributed by atoms with Crippen LogP contribution < -0.4 is 16.0 Å². The Morgan fingerprint density at radius 3 is 2.49 bits per heavy atom. The molecule has 0 saturated carbocycles. The van der Waals surface area contributed by atoms with E-state index in [4.69, 9.17) is 5.11 Å². The number of hydrogen-bond donors (Lipinski definition) is 4. The van der Waals surface area contributed by atoms with Crippen LogP contribution in [-0.2, 0) is 6.54 Å². The maximum atomic E-state index is 13.8. The van der Waals surface area contributed by atoms with Gasteiger partial charge in [-0.3, -0.25) is 4.98 Å². The number of rotatable bonds is 12. The lowest BCUT2D eigenvalue weighted by Crippen LogP contribution is -2.20. The van der Waals surface area contributed by atoms with Crippen molar-refractivity contribution in [2.45, 2.75) is 32.9 Å². The molecule has 0 spiro atoms. The van der Waals surface area contributed by atoms with Crippen LogP contribution in [0.5, 0.6) is 0 Å². The van der Waals surface area contributed by atoms with E-state index in [2.05, 4.69) is 35.9 Å². The van der Waals surface area contributed by atoms with Crippen LogP contribution in [0.1, 0.15) is 48.8 Å². The average molecular weight is 557 g/mol. The van der Waals surface area contributed by atoms with Gasteiger partial charge in [0.05, 0.1) is 36.6 Å². The van der Waals surface area contributed by atoms with Crippen molar-refractivity contribution >= 4 is 17.3 Å². The summed E-state index contributed by atoms with van der Waals surface area (Å²) < 4.78 is 27.3. The normalized spacial score (nSPS) is 12.0. The minimum atomic E-state index is -0.920. The predicted octanol–water partition coefficient (Wildman–Crippen LogP) is 5.20. The maximum Gasteiger partial charge on any atom is 0.159 e. The number of aliphatic hydroxyl groups excluding tert-OH is 1. The zero-order chi connectivity index (χ0) is 29.2. The van der Waals surface area contributed by atoms with Crippen molar-refractivity contribution in [2.24, 2.45) is 0 Å². The van der Waals surface area contributed by atoms with Crippen LogP contribution in [-0.4, -0.2) is 38.2 Å². The number of hydrogen-bond acceptors (Lipinski definition) is 9. The number of nitrogens with zero attached hydrogens (tertiary/aromatic N) is 5. The SMILES string of the molecule is CC/C=C(/NC(C)c1ccc(F)c(F)c1)c1nc(C#N)cnc1NCc1ccc(-c2cnc(NCCO)cn2)cc1. The summed E-state index contributed by atoms with van der Waals surface area (Å²) in [6.45, 7) is 4.64. The number of nitrogens with one attached hydrogen (secondary N) is 3. The van der Waals surface area contributed by atoms with Crippen LogP contribution in [0.3, 0.4) is 0 Å². The summed E-state index contributed by atoms with van der Waals surface area (Å²) in [5, 5.41) is 28.0. The molecule has 0 aliphatic carbocycles. The Morgan fingerprint density at radius 1 is 1.02 bits per heavy atom. The molecule has 2 aromatic heterocycles. The number of allylic oxidation sites excluding steroid dienone is 1. The molecule has 1 atom stereocenters. The Labute approximate surface area is 237 Å². The zero-order valence-electron chi connectivity index (χ0n) is 22.7. The van der Waals surface area contributed by atoms with E-state index in [0.29, 0.717) is 48.1 Å². The summed E-state index contributed by atoms with van der Waals surface area (Å²) in [6.07, 6.45) is 7.26. The molecule has 0 aliphatic rings. The summed E-state index contributed by atoms with van der Waals surface area (Å²) in [5.41, 5.74) is 4.37. The van der Waals surface area contributed by atoms with Crippen molar-refractivity contribution in [1.29, 1.82) is 5.26 Å². The fraction of sp³-hybridized carbons (Fsp3) is 0.233. The quantitative estimate of drug-likeness (QED) is 0.186. The highest BCUT2D eigenvalue weighted by atomic mass is 19.2. The van der Waals surface area contributed by atoms with E-state index < -0.39 is 11.6 Å². The molecule has 0 fully saturated rings. The van der Waals surface area contributed by atoms with Gasteiger partial charge in [-0.25, -0.2) is 23.7 Å². The molecular weight excluding hydrogens is 526 g/mol. The van der Waals surface area contributed by atoms with Crippen molar-refractivity contribution in [3.8, 4) is 17.3 Å². The van der Waals surface area contributed by atoms with E-state index in [0.717, 1.165) is 29.0 Å². The van der Waals surface area contributed by atoms with E-state index in [1.807, 2.05) is 50.3 Å².